The smallest absolute Gasteiger partial charge is 0.0166 e. The van der Waals surface area contributed by atoms with Gasteiger partial charge in [0.25, 0.3) is 0 Å². The van der Waals surface area contributed by atoms with Gasteiger partial charge in [0.1, 0.15) is 0 Å². The van der Waals surface area contributed by atoms with Gasteiger partial charge in [-0.1, -0.05) is 48.6 Å². The van der Waals surface area contributed by atoms with E-state index >= 15 is 0 Å². The summed E-state index contributed by atoms with van der Waals surface area (Å²) < 4.78 is 0. The maximum Gasteiger partial charge on any atom is -0.0166 e. The zero-order valence-electron chi connectivity index (χ0n) is 8.86. The highest BCUT2D eigenvalue weighted by Crippen LogP contribution is 2.02. The van der Waals surface area contributed by atoms with Crippen molar-refractivity contribution in [3.8, 4) is 0 Å². The van der Waals surface area contributed by atoms with Crippen molar-refractivity contribution in [1.82, 2.24) is 0 Å². The number of allylic oxidation sites excluding steroid dienone is 8. The van der Waals surface area contributed by atoms with Crippen LogP contribution in [0.25, 0.3) is 0 Å². The van der Waals surface area contributed by atoms with Gasteiger partial charge in [-0.2, -0.15) is 0 Å². The Hall–Kier alpha value is -1.04. The Morgan fingerprint density at radius 3 is 2.07 bits per heavy atom. The van der Waals surface area contributed by atoms with Crippen molar-refractivity contribution in [3.05, 3.63) is 48.6 Å². The number of rotatable bonds is 0. The van der Waals surface area contributed by atoms with E-state index in [-0.39, 0.29) is 0 Å². The molecule has 0 aromatic rings. The Morgan fingerprint density at radius 2 is 1.14 bits per heavy atom. The van der Waals surface area contributed by atoms with Gasteiger partial charge in [0.05, 0.1) is 0 Å². The lowest BCUT2D eigenvalue weighted by molar-refractivity contribution is 0.862. The second kappa shape index (κ2) is 8.55. The van der Waals surface area contributed by atoms with Gasteiger partial charge in [0.2, 0.25) is 0 Å². The molecule has 0 fully saturated rings. The van der Waals surface area contributed by atoms with Gasteiger partial charge in [0.15, 0.2) is 0 Å². The van der Waals surface area contributed by atoms with Crippen LogP contribution in [0.2, 0.25) is 0 Å². The minimum absolute atomic E-state index is 1.06. The molecule has 1 aliphatic rings. The van der Waals surface area contributed by atoms with Crippen LogP contribution >= 0.6 is 0 Å². The highest BCUT2D eigenvalue weighted by atomic mass is 13.9. The number of hydrogen-bond acceptors (Lipinski definition) is 0. The number of hydrogen-bond donors (Lipinski definition) is 0. The van der Waals surface area contributed by atoms with Gasteiger partial charge in [-0.05, 0) is 38.5 Å². The fourth-order valence-electron chi connectivity index (χ4n) is 1.41. The summed E-state index contributed by atoms with van der Waals surface area (Å²) in [6.45, 7) is 0. The van der Waals surface area contributed by atoms with Gasteiger partial charge in [-0.15, -0.1) is 0 Å². The Kier molecular flexibility index (Phi) is 6.74. The summed E-state index contributed by atoms with van der Waals surface area (Å²) in [5.41, 5.74) is 0. The Bertz CT molecular complexity index is 228. The maximum atomic E-state index is 2.31. The molecule has 0 heteroatoms. The molecule has 0 spiro atoms. The monoisotopic (exact) mass is 188 g/mol. The van der Waals surface area contributed by atoms with Crippen LogP contribution in [-0.2, 0) is 0 Å². The SMILES string of the molecule is C1=CCC=CCCC=CCCCC=C1. The first-order chi connectivity index (χ1) is 7.00. The average Bonchev–Trinajstić information content (AvgIpc) is 2.22. The Balaban J connectivity index is 2.34. The molecule has 0 aliphatic heterocycles. The third-order valence-corrected chi connectivity index (χ3v) is 2.23. The molecule has 0 N–H and O–H groups in total. The highest BCUT2D eigenvalue weighted by Gasteiger charge is 1.81. The molecule has 0 bridgehead atoms. The normalized spacial score (nSPS) is 19.4. The summed E-state index contributed by atoms with van der Waals surface area (Å²) in [5, 5.41) is 0. The zero-order valence-corrected chi connectivity index (χ0v) is 8.86. The van der Waals surface area contributed by atoms with Gasteiger partial charge in [-0.25, -0.2) is 0 Å². The molecule has 14 heavy (non-hydrogen) atoms. The fourth-order valence-corrected chi connectivity index (χ4v) is 1.41. The van der Waals surface area contributed by atoms with Crippen LogP contribution in [0.5, 0.6) is 0 Å². The van der Waals surface area contributed by atoms with E-state index in [1.54, 1.807) is 0 Å². The van der Waals surface area contributed by atoms with Crippen LogP contribution in [0.3, 0.4) is 0 Å². The van der Waals surface area contributed by atoms with E-state index in [1.807, 2.05) is 0 Å². The molecule has 76 valence electrons. The van der Waals surface area contributed by atoms with Crippen molar-refractivity contribution in [2.45, 2.75) is 38.5 Å². The van der Waals surface area contributed by atoms with E-state index in [4.69, 9.17) is 0 Å². The van der Waals surface area contributed by atoms with Crippen LogP contribution in [0, 0.1) is 0 Å². The molecule has 1 rings (SSSR count). The molecule has 0 saturated heterocycles. The highest BCUT2D eigenvalue weighted by molar-refractivity contribution is 5.05. The topological polar surface area (TPSA) is 0 Å². The van der Waals surface area contributed by atoms with E-state index in [0.717, 1.165) is 6.42 Å². The first-order valence-electron chi connectivity index (χ1n) is 5.62. The lowest BCUT2D eigenvalue weighted by Gasteiger charge is -1.91. The van der Waals surface area contributed by atoms with Crippen molar-refractivity contribution in [2.75, 3.05) is 0 Å². The van der Waals surface area contributed by atoms with Gasteiger partial charge in [0, 0.05) is 0 Å². The summed E-state index contributed by atoms with van der Waals surface area (Å²) in [7, 11) is 0. The molecule has 0 aromatic carbocycles. The van der Waals surface area contributed by atoms with Crippen LogP contribution in [-0.4, -0.2) is 0 Å². The molecule has 0 aromatic heterocycles. The van der Waals surface area contributed by atoms with Gasteiger partial charge >= 0.3 is 0 Å². The molecular weight excluding hydrogens is 168 g/mol. The van der Waals surface area contributed by atoms with Gasteiger partial charge < -0.3 is 0 Å². The summed E-state index contributed by atoms with van der Waals surface area (Å²) in [6, 6.07) is 0. The quantitative estimate of drug-likeness (QED) is 0.489. The van der Waals surface area contributed by atoms with E-state index in [0.29, 0.717) is 0 Å². The van der Waals surface area contributed by atoms with Crippen LogP contribution in [0.4, 0.5) is 0 Å². The van der Waals surface area contributed by atoms with E-state index in [2.05, 4.69) is 48.6 Å². The first-order valence-corrected chi connectivity index (χ1v) is 5.62. The third-order valence-electron chi connectivity index (χ3n) is 2.23. The standard InChI is InChI=1S/C14H20/c1-2-4-6-8-10-12-14-13-11-9-7-5-3-1/h1-4,7,9,12,14H,5-6,8,10-11,13H2. The van der Waals surface area contributed by atoms with Gasteiger partial charge in [-0.3, -0.25) is 0 Å². The first kappa shape index (κ1) is 11.0. The molecule has 0 radical (unpaired) electrons. The molecule has 0 nitrogen and oxygen atoms in total. The summed E-state index contributed by atoms with van der Waals surface area (Å²) in [4.78, 5) is 0. The Morgan fingerprint density at radius 1 is 0.500 bits per heavy atom. The molecular formula is C14H20. The van der Waals surface area contributed by atoms with Crippen molar-refractivity contribution in [3.63, 3.8) is 0 Å². The molecule has 0 atom stereocenters. The minimum Gasteiger partial charge on any atom is -0.0885 e. The van der Waals surface area contributed by atoms with E-state index < -0.39 is 0 Å². The minimum atomic E-state index is 1.06. The van der Waals surface area contributed by atoms with Crippen molar-refractivity contribution >= 4 is 0 Å². The second-order valence-corrected chi connectivity index (χ2v) is 3.54. The summed E-state index contributed by atoms with van der Waals surface area (Å²) in [6.07, 6.45) is 25.0. The molecule has 0 unspecified atom stereocenters. The van der Waals surface area contributed by atoms with Crippen LogP contribution < -0.4 is 0 Å². The zero-order chi connectivity index (χ0) is 9.90. The van der Waals surface area contributed by atoms with E-state index in [1.165, 1.54) is 32.1 Å². The Labute approximate surface area is 87.7 Å². The molecule has 0 saturated carbocycles. The lowest BCUT2D eigenvalue weighted by atomic mass is 10.2. The summed E-state index contributed by atoms with van der Waals surface area (Å²) >= 11 is 0. The van der Waals surface area contributed by atoms with Crippen LogP contribution in [0.15, 0.2) is 48.6 Å². The van der Waals surface area contributed by atoms with E-state index in [9.17, 15) is 0 Å². The van der Waals surface area contributed by atoms with Crippen molar-refractivity contribution < 1.29 is 0 Å². The summed E-state index contributed by atoms with van der Waals surface area (Å²) in [5.74, 6) is 0. The molecule has 0 amide bonds. The second-order valence-electron chi connectivity index (χ2n) is 3.54. The lowest BCUT2D eigenvalue weighted by Crippen LogP contribution is -1.71. The largest absolute Gasteiger partial charge is 0.0885 e. The maximum absolute atomic E-state index is 2.31. The predicted octanol–water partition coefficient (Wildman–Crippen LogP) is 4.57. The predicted molar refractivity (Wildman–Crippen MR) is 64.3 cm³/mol. The van der Waals surface area contributed by atoms with Crippen LogP contribution in [0.1, 0.15) is 38.5 Å². The van der Waals surface area contributed by atoms with Crippen molar-refractivity contribution in [1.29, 1.82) is 0 Å². The molecule has 0 heterocycles. The van der Waals surface area contributed by atoms with Crippen molar-refractivity contribution in [2.24, 2.45) is 0 Å². The fraction of sp³-hybridized carbons (Fsp3) is 0.429. The molecule has 1 aliphatic carbocycles. The average molecular weight is 188 g/mol. The third kappa shape index (κ3) is 6.47.